The van der Waals surface area contributed by atoms with E-state index in [0.29, 0.717) is 6.42 Å². The second-order valence-corrected chi connectivity index (χ2v) is 1.96. The Hall–Kier alpha value is -0.560. The average Bonchev–Trinajstić information content (AvgIpc) is 1.65. The molecule has 0 aromatic carbocycles. The first kappa shape index (κ1) is 7.44. The van der Waals surface area contributed by atoms with Gasteiger partial charge in [0, 0.05) is 0 Å². The van der Waals surface area contributed by atoms with Crippen LogP contribution in [0, 0.1) is 0 Å². The van der Waals surface area contributed by atoms with Gasteiger partial charge in [0.1, 0.15) is 0 Å². The lowest BCUT2D eigenvalue weighted by Crippen LogP contribution is -2.00. The summed E-state index contributed by atoms with van der Waals surface area (Å²) >= 11 is 0. The second kappa shape index (κ2) is 3.44. The highest BCUT2D eigenvalue weighted by Gasteiger charge is 1.94. The fourth-order valence-electron chi connectivity index (χ4n) is 0.440. The molecule has 0 spiro atoms. The molecule has 0 heterocycles. The Bertz CT molecular complexity index is 94.6. The minimum atomic E-state index is -0.410. The van der Waals surface area contributed by atoms with E-state index in [-0.39, 0.29) is 0 Å². The number of rotatable bonds is 3. The van der Waals surface area contributed by atoms with Gasteiger partial charge in [-0.2, -0.15) is 0 Å². The van der Waals surface area contributed by atoms with Crippen LogP contribution in [0.25, 0.3) is 0 Å². The van der Waals surface area contributed by atoms with E-state index < -0.39 is 6.10 Å². The molecule has 46 valence electrons. The fraction of sp³-hybridized carbons (Fsp3) is 0.429. The zero-order valence-corrected chi connectivity index (χ0v) is 5.22. The van der Waals surface area contributed by atoms with Crippen LogP contribution in [-0.4, -0.2) is 11.2 Å². The van der Waals surface area contributed by atoms with Crippen molar-refractivity contribution in [3.8, 4) is 0 Å². The van der Waals surface area contributed by atoms with Gasteiger partial charge in [0.05, 0.1) is 6.10 Å². The Morgan fingerprint density at radius 1 is 1.88 bits per heavy atom. The first-order valence-electron chi connectivity index (χ1n) is 2.62. The number of aliphatic hydroxyl groups is 1. The van der Waals surface area contributed by atoms with Crippen molar-refractivity contribution in [3.05, 3.63) is 24.8 Å². The molecule has 0 aliphatic rings. The van der Waals surface area contributed by atoms with Crippen molar-refractivity contribution in [2.45, 2.75) is 19.4 Å². The minimum Gasteiger partial charge on any atom is -0.389 e. The molecular formula is C7H12O. The van der Waals surface area contributed by atoms with Crippen molar-refractivity contribution < 1.29 is 5.11 Å². The van der Waals surface area contributed by atoms with Gasteiger partial charge in [-0.3, -0.25) is 0 Å². The van der Waals surface area contributed by atoms with E-state index in [1.54, 1.807) is 0 Å². The molecule has 0 bridgehead atoms. The van der Waals surface area contributed by atoms with Gasteiger partial charge in [0.15, 0.2) is 0 Å². The van der Waals surface area contributed by atoms with Crippen molar-refractivity contribution in [1.29, 1.82) is 0 Å². The molecule has 0 aromatic rings. The maximum atomic E-state index is 8.85. The van der Waals surface area contributed by atoms with Crippen LogP contribution in [0.2, 0.25) is 0 Å². The van der Waals surface area contributed by atoms with Gasteiger partial charge in [-0.05, 0) is 13.3 Å². The van der Waals surface area contributed by atoms with E-state index >= 15 is 0 Å². The molecule has 0 radical (unpaired) electrons. The Morgan fingerprint density at radius 3 is 2.50 bits per heavy atom. The summed E-state index contributed by atoms with van der Waals surface area (Å²) in [7, 11) is 0. The molecular weight excluding hydrogens is 100 g/mol. The van der Waals surface area contributed by atoms with Crippen molar-refractivity contribution in [1.82, 2.24) is 0 Å². The SMILES string of the molecule is C=C[C@@H](O)CC(=C)C. The lowest BCUT2D eigenvalue weighted by atomic mass is 10.1. The molecule has 0 aromatic heterocycles. The fourth-order valence-corrected chi connectivity index (χ4v) is 0.440. The van der Waals surface area contributed by atoms with Crippen LogP contribution in [0.4, 0.5) is 0 Å². The van der Waals surface area contributed by atoms with Crippen molar-refractivity contribution in [2.75, 3.05) is 0 Å². The predicted octanol–water partition coefficient (Wildman–Crippen LogP) is 1.50. The van der Waals surface area contributed by atoms with E-state index in [9.17, 15) is 0 Å². The third-order valence-electron chi connectivity index (χ3n) is 0.830. The monoisotopic (exact) mass is 112 g/mol. The van der Waals surface area contributed by atoms with Gasteiger partial charge < -0.3 is 5.11 Å². The van der Waals surface area contributed by atoms with Crippen LogP contribution in [-0.2, 0) is 0 Å². The summed E-state index contributed by atoms with van der Waals surface area (Å²) in [5, 5.41) is 8.85. The topological polar surface area (TPSA) is 20.2 Å². The minimum absolute atomic E-state index is 0.410. The van der Waals surface area contributed by atoms with E-state index in [0.717, 1.165) is 5.57 Å². The first-order chi connectivity index (χ1) is 3.66. The molecule has 0 amide bonds. The van der Waals surface area contributed by atoms with Gasteiger partial charge in [-0.15, -0.1) is 13.2 Å². The molecule has 0 unspecified atom stereocenters. The lowest BCUT2D eigenvalue weighted by molar-refractivity contribution is 0.224. The van der Waals surface area contributed by atoms with E-state index in [4.69, 9.17) is 5.11 Å². The number of hydrogen-bond acceptors (Lipinski definition) is 1. The molecule has 1 atom stereocenters. The summed E-state index contributed by atoms with van der Waals surface area (Å²) in [6.45, 7) is 8.94. The van der Waals surface area contributed by atoms with Crippen LogP contribution >= 0.6 is 0 Å². The molecule has 0 aliphatic carbocycles. The maximum Gasteiger partial charge on any atom is 0.0755 e. The summed E-state index contributed by atoms with van der Waals surface area (Å²) in [6.07, 6.45) is 1.73. The number of aliphatic hydroxyl groups excluding tert-OH is 1. The summed E-state index contributed by atoms with van der Waals surface area (Å²) < 4.78 is 0. The van der Waals surface area contributed by atoms with Crippen molar-refractivity contribution >= 4 is 0 Å². The second-order valence-electron chi connectivity index (χ2n) is 1.96. The van der Waals surface area contributed by atoms with Gasteiger partial charge in [0.25, 0.3) is 0 Å². The summed E-state index contributed by atoms with van der Waals surface area (Å²) in [5.41, 5.74) is 0.984. The number of hydrogen-bond donors (Lipinski definition) is 1. The highest BCUT2D eigenvalue weighted by Crippen LogP contribution is 2.00. The molecule has 0 aliphatic heterocycles. The van der Waals surface area contributed by atoms with Crippen molar-refractivity contribution in [2.24, 2.45) is 0 Å². The Morgan fingerprint density at radius 2 is 2.38 bits per heavy atom. The Balaban J connectivity index is 3.38. The zero-order valence-electron chi connectivity index (χ0n) is 5.22. The van der Waals surface area contributed by atoms with Crippen LogP contribution in [0.3, 0.4) is 0 Å². The molecule has 1 heteroatoms. The summed E-state index contributed by atoms with van der Waals surface area (Å²) in [4.78, 5) is 0. The third kappa shape index (κ3) is 3.62. The van der Waals surface area contributed by atoms with Crippen LogP contribution in [0.5, 0.6) is 0 Å². The first-order valence-corrected chi connectivity index (χ1v) is 2.62. The Labute approximate surface area is 50.3 Å². The smallest absolute Gasteiger partial charge is 0.0755 e. The standard InChI is InChI=1S/C7H12O/c1-4-7(8)5-6(2)3/h4,7-8H,1-2,5H2,3H3/t7-/m1/s1. The van der Waals surface area contributed by atoms with E-state index in [1.165, 1.54) is 6.08 Å². The van der Waals surface area contributed by atoms with Gasteiger partial charge >= 0.3 is 0 Å². The van der Waals surface area contributed by atoms with Crippen LogP contribution in [0.15, 0.2) is 24.8 Å². The van der Waals surface area contributed by atoms with Crippen molar-refractivity contribution in [3.63, 3.8) is 0 Å². The van der Waals surface area contributed by atoms with Gasteiger partial charge in [-0.1, -0.05) is 11.6 Å². The molecule has 8 heavy (non-hydrogen) atoms. The summed E-state index contributed by atoms with van der Waals surface area (Å²) in [6, 6.07) is 0. The largest absolute Gasteiger partial charge is 0.389 e. The molecule has 0 saturated heterocycles. The highest BCUT2D eigenvalue weighted by atomic mass is 16.3. The predicted molar refractivity (Wildman–Crippen MR) is 35.6 cm³/mol. The molecule has 1 N–H and O–H groups in total. The molecule has 1 nitrogen and oxygen atoms in total. The van der Waals surface area contributed by atoms with Crippen LogP contribution < -0.4 is 0 Å². The molecule has 0 saturated carbocycles. The summed E-state index contributed by atoms with van der Waals surface area (Å²) in [5.74, 6) is 0. The molecule has 0 fully saturated rings. The highest BCUT2D eigenvalue weighted by molar-refractivity contribution is 4.95. The maximum absolute atomic E-state index is 8.85. The van der Waals surface area contributed by atoms with Gasteiger partial charge in [-0.25, -0.2) is 0 Å². The van der Waals surface area contributed by atoms with E-state index in [2.05, 4.69) is 13.2 Å². The Kier molecular flexibility index (Phi) is 3.20. The quantitative estimate of drug-likeness (QED) is 0.548. The average molecular weight is 112 g/mol. The lowest BCUT2D eigenvalue weighted by Gasteiger charge is -2.01. The van der Waals surface area contributed by atoms with E-state index in [1.807, 2.05) is 6.92 Å². The van der Waals surface area contributed by atoms with Crippen LogP contribution in [0.1, 0.15) is 13.3 Å². The molecule has 0 rings (SSSR count). The normalized spacial score (nSPS) is 12.8. The van der Waals surface area contributed by atoms with Gasteiger partial charge in [0.2, 0.25) is 0 Å². The third-order valence-corrected chi connectivity index (χ3v) is 0.830. The zero-order chi connectivity index (χ0) is 6.57.